The first-order valence-electron chi connectivity index (χ1n) is 32.6. The number of ether oxygens (including phenoxy) is 1. The lowest BCUT2D eigenvalue weighted by Gasteiger charge is -2.30. The van der Waals surface area contributed by atoms with Crippen LogP contribution in [0.25, 0.3) is 0 Å². The van der Waals surface area contributed by atoms with E-state index in [4.69, 9.17) is 21.0 Å². The molecule has 2 aromatic rings. The van der Waals surface area contributed by atoms with Crippen LogP contribution in [0.3, 0.4) is 0 Å². The Morgan fingerprint density at radius 2 is 1.30 bits per heavy atom. The largest absolute Gasteiger partial charge is 0.508 e. The smallest absolute Gasteiger partial charge is 0.305 e. The van der Waals surface area contributed by atoms with Crippen molar-refractivity contribution >= 4 is 107 Å². The predicted octanol–water partition coefficient (Wildman–Crippen LogP) is -1.89. The number of aromatic hydroxyl groups is 1. The highest BCUT2D eigenvalue weighted by Gasteiger charge is 2.41. The minimum Gasteiger partial charge on any atom is -0.508 e. The molecule has 0 aromatic heterocycles. The average molecular weight is 1430 g/mol. The van der Waals surface area contributed by atoms with E-state index < -0.39 is 169 Å². The second kappa shape index (κ2) is 41.1. The summed E-state index contributed by atoms with van der Waals surface area (Å²) < 4.78 is 6.25. The highest BCUT2D eigenvalue weighted by Crippen LogP contribution is 2.27. The number of thioether (sulfide) groups is 2. The number of fused-ring (bicyclic) bond motifs is 6. The molecule has 33 nitrogen and oxygen atoms in total. The van der Waals surface area contributed by atoms with Crippen molar-refractivity contribution in [3.63, 3.8) is 0 Å². The van der Waals surface area contributed by atoms with E-state index in [9.17, 15) is 82.8 Å². The maximum Gasteiger partial charge on any atom is 0.305 e. The molecule has 99 heavy (non-hydrogen) atoms. The Labute approximate surface area is 580 Å². The van der Waals surface area contributed by atoms with Crippen LogP contribution in [0.2, 0.25) is 0 Å². The standard InChI is InChI=1S/C64H92N14O19S2/c1-5-35(2)54-63(94)75-48(55(66)86)33-98-31-39-24-40-26-42(25-39)96-22-8-6-7-9-23-97-68-29-51(81)70-47(30-79)61(92)76-49(34-99-32-40)64(95)78-21-11-13-50(78)62(93)74-46(28-53(84)85)59(90)69-36(3)56(87)71-44(18-19-52(82)83)58(89)72-43(12-10-20-67-37(4)65)57(88)73-45(60(91)77-54)27-38-14-16-41(80)17-15-38/h14-17,24-26,29,35-36,43-50,54,67,79-80H,4-13,18-23,27-28,30-34,65H2,1-3H3,(H2,66,86)(H,69,90)(H,70,81)(H,71,87)(H,72,89)(H,73,88)(H,74,93)(H,75,94)(H,76,92)(H,77,91)(H,82,83)(H,84,85)/b68-29+/t35-,36+,43+,44+,45+,46+,47+,48+,49+,50+,54?/m1/s1. The van der Waals surface area contributed by atoms with E-state index >= 15 is 0 Å². The number of nitrogens with zero attached hydrogens (tertiary/aromatic N) is 2. The number of nitrogens with two attached hydrogens (primary N) is 2. The predicted molar refractivity (Wildman–Crippen MR) is 362 cm³/mol. The number of carbonyl (C=O) groups excluding carboxylic acids is 11. The summed E-state index contributed by atoms with van der Waals surface area (Å²) in [7, 11) is 0. The van der Waals surface area contributed by atoms with Gasteiger partial charge in [-0.05, 0) is 112 Å². The summed E-state index contributed by atoms with van der Waals surface area (Å²) in [6.07, 6.45) is 1.21. The van der Waals surface area contributed by atoms with E-state index in [2.05, 4.69) is 64.9 Å². The monoisotopic (exact) mass is 1420 g/mol. The Morgan fingerprint density at radius 3 is 1.94 bits per heavy atom. The Balaban J connectivity index is 1.60. The molecule has 3 heterocycles. The van der Waals surface area contributed by atoms with Crippen molar-refractivity contribution in [1.82, 2.24) is 58.1 Å². The topological polar surface area (TPSA) is 509 Å². The van der Waals surface area contributed by atoms with Crippen molar-refractivity contribution in [2.24, 2.45) is 22.5 Å². The van der Waals surface area contributed by atoms with Gasteiger partial charge in [-0.2, -0.15) is 23.5 Å². The van der Waals surface area contributed by atoms with Crippen LogP contribution in [0.15, 0.2) is 60.0 Å². The minimum atomic E-state index is -1.91. The Hall–Kier alpha value is -9.38. The van der Waals surface area contributed by atoms with Crippen LogP contribution in [0.4, 0.5) is 0 Å². The van der Waals surface area contributed by atoms with Crippen LogP contribution in [0.1, 0.15) is 115 Å². The van der Waals surface area contributed by atoms with E-state index in [-0.39, 0.29) is 86.4 Å². The molecule has 3 aliphatic heterocycles. The van der Waals surface area contributed by atoms with Crippen LogP contribution >= 0.6 is 23.5 Å². The number of oxime groups is 1. The molecular weight excluding hydrogens is 1330 g/mol. The van der Waals surface area contributed by atoms with Crippen LogP contribution in [-0.4, -0.2) is 213 Å². The zero-order valence-corrected chi connectivity index (χ0v) is 57.1. The average Bonchev–Trinajstić information content (AvgIpc) is 1.77. The molecule has 18 N–H and O–H groups in total. The summed E-state index contributed by atoms with van der Waals surface area (Å²) in [6, 6.07) is -4.47. The fourth-order valence-corrected chi connectivity index (χ4v) is 12.6. The van der Waals surface area contributed by atoms with Crippen molar-refractivity contribution in [2.75, 3.05) is 44.4 Å². The number of nitrogens with one attached hydrogen (secondary N) is 10. The van der Waals surface area contributed by atoms with E-state index in [0.29, 0.717) is 48.3 Å². The number of aliphatic carboxylic acids is 2. The number of carboxylic acids is 2. The van der Waals surface area contributed by atoms with Gasteiger partial charge in [-0.25, -0.2) is 0 Å². The van der Waals surface area contributed by atoms with Gasteiger partial charge in [0.2, 0.25) is 59.1 Å². The number of benzene rings is 2. The number of carbonyl (C=O) groups is 13. The van der Waals surface area contributed by atoms with Crippen LogP contribution in [-0.2, 0) is 85.1 Å². The first kappa shape index (κ1) is 80.3. The molecule has 0 aliphatic carbocycles. The maximum atomic E-state index is 14.8. The summed E-state index contributed by atoms with van der Waals surface area (Å²) in [5.74, 6) is -13.8. The first-order chi connectivity index (χ1) is 47.2. The number of amides is 11. The summed E-state index contributed by atoms with van der Waals surface area (Å²) in [5.41, 5.74) is 13.4. The Kier molecular flexibility index (Phi) is 33.4. The number of hydrogen-bond donors (Lipinski definition) is 16. The van der Waals surface area contributed by atoms with Crippen LogP contribution < -0.4 is 69.4 Å². The molecule has 35 heteroatoms. The first-order valence-corrected chi connectivity index (χ1v) is 34.9. The van der Waals surface area contributed by atoms with Gasteiger partial charge in [0.1, 0.15) is 84.7 Å². The maximum absolute atomic E-state index is 14.8. The SMILES string of the molecule is C=C(N)NCCC[C@@H]1NC(=O)[C@H](CCC(=O)O)NC(=O)[C@H](C)NC(=O)[C@H](CC(=O)O)NC(=O)[C@@H]2CCCN2C(=O)[C@@H]2CSCc3cc(cc(c3)OCCCCCCO/N=C/C(=O)N[C@@H](CO)C(=O)N2)CSC[C@@H](C(N)=O)NC(=O)C([C@H](C)CC)NC(=O)[C@H](Cc2ccc(O)cc2)NC1=O. The number of primary amides is 1. The number of rotatable bonds is 16. The summed E-state index contributed by atoms with van der Waals surface area (Å²) >= 11 is 2.39. The molecule has 0 saturated carbocycles. The second-order valence-corrected chi connectivity index (χ2v) is 26.2. The molecule has 544 valence electrons. The number of aliphatic hydroxyl groups is 1. The van der Waals surface area contributed by atoms with Crippen molar-refractivity contribution in [3.05, 3.63) is 71.6 Å². The van der Waals surface area contributed by atoms with Gasteiger partial charge in [0.15, 0.2) is 0 Å². The van der Waals surface area contributed by atoms with E-state index in [0.717, 1.165) is 30.9 Å². The third-order valence-corrected chi connectivity index (χ3v) is 18.4. The highest BCUT2D eigenvalue weighted by atomic mass is 32.2. The van der Waals surface area contributed by atoms with Gasteiger partial charge in [-0.1, -0.05) is 50.2 Å². The number of phenolic OH excluding ortho intramolecular Hbond substituents is 1. The van der Waals surface area contributed by atoms with Gasteiger partial charge < -0.3 is 99.5 Å². The lowest BCUT2D eigenvalue weighted by Crippen LogP contribution is -2.61. The van der Waals surface area contributed by atoms with Gasteiger partial charge in [0.25, 0.3) is 5.91 Å². The van der Waals surface area contributed by atoms with Gasteiger partial charge in [-0.3, -0.25) is 62.3 Å². The van der Waals surface area contributed by atoms with E-state index in [1.54, 1.807) is 26.0 Å². The highest BCUT2D eigenvalue weighted by molar-refractivity contribution is 7.98. The Bertz CT molecular complexity index is 3220. The van der Waals surface area contributed by atoms with Crippen molar-refractivity contribution in [1.29, 1.82) is 0 Å². The van der Waals surface area contributed by atoms with Gasteiger partial charge in [0, 0.05) is 48.9 Å². The summed E-state index contributed by atoms with van der Waals surface area (Å²) in [5, 5.41) is 69.2. The normalized spacial score (nSPS) is 25.4. The van der Waals surface area contributed by atoms with Crippen molar-refractivity contribution < 1.29 is 92.3 Å². The zero-order chi connectivity index (χ0) is 72.7. The Morgan fingerprint density at radius 1 is 0.697 bits per heavy atom. The number of phenols is 1. The lowest BCUT2D eigenvalue weighted by molar-refractivity contribution is -0.144. The number of carboxylic acid groups (broad SMARTS) is 2. The van der Waals surface area contributed by atoms with Crippen molar-refractivity contribution in [2.45, 2.75) is 176 Å². The third-order valence-electron chi connectivity index (χ3n) is 16.2. The molecule has 1 saturated heterocycles. The molecule has 1 fully saturated rings. The number of aliphatic hydroxyl groups excluding tert-OH is 1. The summed E-state index contributed by atoms with van der Waals surface area (Å²) in [6.45, 7) is 7.70. The molecule has 11 atom stereocenters. The molecule has 11 amide bonds. The fourth-order valence-electron chi connectivity index (χ4n) is 10.6. The van der Waals surface area contributed by atoms with Crippen LogP contribution in [0, 0.1) is 5.92 Å². The van der Waals surface area contributed by atoms with E-state index in [1.807, 2.05) is 6.07 Å². The summed E-state index contributed by atoms with van der Waals surface area (Å²) in [4.78, 5) is 186. The third kappa shape index (κ3) is 27.5. The molecule has 2 aromatic carbocycles. The minimum absolute atomic E-state index is 0.0145. The molecule has 0 spiro atoms. The van der Waals surface area contributed by atoms with Gasteiger partial charge in [-0.15, -0.1) is 0 Å². The molecular formula is C64H92N14O19S2. The molecule has 3 aliphatic rings. The second-order valence-electron chi connectivity index (χ2n) is 24.1. The molecule has 1 unspecified atom stereocenters. The van der Waals surface area contributed by atoms with Gasteiger partial charge in [0.05, 0.1) is 25.5 Å². The van der Waals surface area contributed by atoms with Crippen LogP contribution in [0.5, 0.6) is 11.5 Å². The van der Waals surface area contributed by atoms with Crippen molar-refractivity contribution in [3.8, 4) is 11.5 Å². The lowest BCUT2D eigenvalue weighted by atomic mass is 9.96. The number of hydrogen-bond acceptors (Lipinski definition) is 22. The quantitative estimate of drug-likeness (QED) is 0.0817. The van der Waals surface area contributed by atoms with Gasteiger partial charge >= 0.3 is 11.9 Å². The fraction of sp³-hybridized carbons (Fsp3) is 0.562. The molecule has 0 radical (unpaired) electrons. The van der Waals surface area contributed by atoms with E-state index in [1.165, 1.54) is 47.8 Å². The zero-order valence-electron chi connectivity index (χ0n) is 55.5. The molecule has 4 bridgehead atoms. The molecule has 5 rings (SSSR count).